The Morgan fingerprint density at radius 1 is 1.21 bits per heavy atom. The predicted octanol–water partition coefficient (Wildman–Crippen LogP) is 3.57. The first kappa shape index (κ1) is 24.3. The number of rotatable bonds is 7. The second kappa shape index (κ2) is 9.68. The van der Waals surface area contributed by atoms with E-state index >= 15 is 0 Å². The zero-order valence-corrected chi connectivity index (χ0v) is 20.0. The van der Waals surface area contributed by atoms with E-state index in [0.29, 0.717) is 40.4 Å². The summed E-state index contributed by atoms with van der Waals surface area (Å²) in [6, 6.07) is 8.72. The van der Waals surface area contributed by atoms with Gasteiger partial charge in [0.25, 0.3) is 17.2 Å². The van der Waals surface area contributed by atoms with Crippen LogP contribution in [0.25, 0.3) is 10.9 Å². The van der Waals surface area contributed by atoms with Crippen molar-refractivity contribution in [3.8, 4) is 0 Å². The van der Waals surface area contributed by atoms with Crippen molar-refractivity contribution < 1.29 is 9.72 Å². The molecule has 0 spiro atoms. The lowest BCUT2D eigenvalue weighted by Crippen LogP contribution is -2.40. The number of hydrogen-bond acceptors (Lipinski definition) is 6. The number of amides is 1. The highest BCUT2D eigenvalue weighted by Crippen LogP contribution is 2.25. The molecule has 0 aliphatic carbocycles. The third-order valence-electron chi connectivity index (χ3n) is 5.62. The van der Waals surface area contributed by atoms with Crippen LogP contribution in [0.4, 0.5) is 5.69 Å². The molecule has 174 valence electrons. The van der Waals surface area contributed by atoms with Gasteiger partial charge in [-0.1, -0.05) is 17.7 Å². The topological polar surface area (TPSA) is 102 Å². The van der Waals surface area contributed by atoms with Gasteiger partial charge < -0.3 is 9.80 Å². The fourth-order valence-electron chi connectivity index (χ4n) is 3.66. The van der Waals surface area contributed by atoms with Crippen LogP contribution in [0.5, 0.6) is 0 Å². The molecule has 0 bridgehead atoms. The summed E-state index contributed by atoms with van der Waals surface area (Å²) in [5, 5.41) is 12.3. The lowest BCUT2D eigenvalue weighted by Gasteiger charge is -2.31. The van der Waals surface area contributed by atoms with Gasteiger partial charge >= 0.3 is 0 Å². The fourth-order valence-corrected chi connectivity index (χ4v) is 3.82. The van der Waals surface area contributed by atoms with E-state index in [0.717, 1.165) is 0 Å². The number of likely N-dealkylation sites (N-methyl/N-ethyl adjacent to an activating group) is 1. The van der Waals surface area contributed by atoms with Gasteiger partial charge in [-0.05, 0) is 52.2 Å². The normalized spacial score (nSPS) is 12.2. The number of carbonyl (C=O) groups excluding carboxylic acids is 1. The first-order valence-corrected chi connectivity index (χ1v) is 10.8. The third kappa shape index (κ3) is 5.04. The number of aryl methyl sites for hydroxylation is 1. The van der Waals surface area contributed by atoms with E-state index < -0.39 is 11.0 Å². The van der Waals surface area contributed by atoms with E-state index in [9.17, 15) is 19.7 Å². The molecule has 0 radical (unpaired) electrons. The number of aromatic nitrogens is 2. The maximum Gasteiger partial charge on any atom is 0.273 e. The Balaban J connectivity index is 2.10. The zero-order valence-electron chi connectivity index (χ0n) is 19.2. The number of nitrogens with zero attached hydrogens (tertiary/aromatic N) is 5. The lowest BCUT2D eigenvalue weighted by atomic mass is 10.1. The molecular formula is C23H26ClN5O4. The number of hydrogen-bond donors (Lipinski definition) is 0. The Morgan fingerprint density at radius 3 is 2.55 bits per heavy atom. The van der Waals surface area contributed by atoms with Crippen LogP contribution in [0, 0.1) is 17.0 Å². The van der Waals surface area contributed by atoms with Gasteiger partial charge in [0.15, 0.2) is 0 Å². The quantitative estimate of drug-likeness (QED) is 0.385. The lowest BCUT2D eigenvalue weighted by molar-refractivity contribution is -0.385. The Bertz CT molecular complexity index is 1290. The first-order valence-electron chi connectivity index (χ1n) is 10.4. The predicted molar refractivity (Wildman–Crippen MR) is 128 cm³/mol. The van der Waals surface area contributed by atoms with E-state index in [1.165, 1.54) is 10.6 Å². The highest BCUT2D eigenvalue weighted by Gasteiger charge is 2.27. The highest BCUT2D eigenvalue weighted by atomic mass is 35.5. The second-order valence-corrected chi connectivity index (χ2v) is 8.67. The van der Waals surface area contributed by atoms with Crippen LogP contribution in [0.2, 0.25) is 5.02 Å². The van der Waals surface area contributed by atoms with Crippen LogP contribution in [0.15, 0.2) is 41.2 Å². The van der Waals surface area contributed by atoms with Crippen molar-refractivity contribution in [2.45, 2.75) is 19.9 Å². The summed E-state index contributed by atoms with van der Waals surface area (Å²) in [6.45, 7) is 4.29. The molecule has 0 N–H and O–H groups in total. The maximum atomic E-state index is 13.5. The summed E-state index contributed by atoms with van der Waals surface area (Å²) in [5.41, 5.74) is 0.751. The van der Waals surface area contributed by atoms with Gasteiger partial charge in [-0.3, -0.25) is 24.3 Å². The second-order valence-electron chi connectivity index (χ2n) is 8.23. The molecule has 1 atom stereocenters. The van der Waals surface area contributed by atoms with E-state index in [4.69, 9.17) is 11.6 Å². The summed E-state index contributed by atoms with van der Waals surface area (Å²) >= 11 is 6.10. The Morgan fingerprint density at radius 2 is 1.91 bits per heavy atom. The molecule has 10 heteroatoms. The molecule has 0 saturated carbocycles. The van der Waals surface area contributed by atoms with Crippen LogP contribution < -0.4 is 5.56 Å². The highest BCUT2D eigenvalue weighted by molar-refractivity contribution is 6.31. The standard InChI is InChI=1S/C23H26ClN5O4/c1-14-6-7-16(12-20(14)29(32)33)22(30)28(11-10-26(3)4)15(2)21-25-19-13-17(24)8-9-18(19)23(31)27(21)5/h6-9,12-13,15H,10-11H2,1-5H3. The SMILES string of the molecule is Cc1ccc(C(=O)N(CCN(C)C)C(C)c2nc3cc(Cl)ccc3c(=O)n2C)cc1[N+](=O)[O-]. The van der Waals surface area contributed by atoms with Gasteiger partial charge in [0.2, 0.25) is 0 Å². The van der Waals surface area contributed by atoms with Crippen molar-refractivity contribution in [2.24, 2.45) is 7.05 Å². The minimum Gasteiger partial charge on any atom is -0.327 e. The Hall–Kier alpha value is -3.30. The van der Waals surface area contributed by atoms with Crippen molar-refractivity contribution in [3.05, 3.63) is 78.8 Å². The minimum absolute atomic E-state index is 0.119. The van der Waals surface area contributed by atoms with Crippen molar-refractivity contribution in [1.82, 2.24) is 19.4 Å². The Kier molecular flexibility index (Phi) is 7.14. The van der Waals surface area contributed by atoms with E-state index in [1.807, 2.05) is 19.0 Å². The molecule has 3 aromatic rings. The third-order valence-corrected chi connectivity index (χ3v) is 5.85. The maximum absolute atomic E-state index is 13.5. The molecule has 9 nitrogen and oxygen atoms in total. The van der Waals surface area contributed by atoms with Crippen LogP contribution in [-0.2, 0) is 7.05 Å². The van der Waals surface area contributed by atoms with Crippen molar-refractivity contribution in [3.63, 3.8) is 0 Å². The molecular weight excluding hydrogens is 446 g/mol. The van der Waals surface area contributed by atoms with E-state index in [1.54, 1.807) is 56.1 Å². The molecule has 33 heavy (non-hydrogen) atoms. The van der Waals surface area contributed by atoms with Gasteiger partial charge in [-0.15, -0.1) is 0 Å². The summed E-state index contributed by atoms with van der Waals surface area (Å²) in [6.07, 6.45) is 0. The van der Waals surface area contributed by atoms with Crippen LogP contribution in [0.3, 0.4) is 0 Å². The van der Waals surface area contributed by atoms with Crippen molar-refractivity contribution >= 4 is 34.1 Å². The largest absolute Gasteiger partial charge is 0.327 e. The van der Waals surface area contributed by atoms with Crippen LogP contribution >= 0.6 is 11.6 Å². The Labute approximate surface area is 196 Å². The molecule has 0 aliphatic heterocycles. The molecule has 0 saturated heterocycles. The van der Waals surface area contributed by atoms with Crippen molar-refractivity contribution in [2.75, 3.05) is 27.2 Å². The van der Waals surface area contributed by atoms with E-state index in [-0.39, 0.29) is 22.7 Å². The average Bonchev–Trinajstić information content (AvgIpc) is 2.75. The number of carbonyl (C=O) groups is 1. The van der Waals surface area contributed by atoms with Gasteiger partial charge in [-0.2, -0.15) is 0 Å². The first-order chi connectivity index (χ1) is 15.5. The molecule has 1 unspecified atom stereocenters. The monoisotopic (exact) mass is 471 g/mol. The van der Waals surface area contributed by atoms with Crippen molar-refractivity contribution in [1.29, 1.82) is 0 Å². The van der Waals surface area contributed by atoms with Gasteiger partial charge in [0.05, 0.1) is 21.9 Å². The zero-order chi connectivity index (χ0) is 24.4. The molecule has 1 aromatic heterocycles. The van der Waals surface area contributed by atoms with Gasteiger partial charge in [0.1, 0.15) is 5.82 Å². The summed E-state index contributed by atoms with van der Waals surface area (Å²) in [5.74, 6) is 0.0105. The molecule has 1 heterocycles. The number of fused-ring (bicyclic) bond motifs is 1. The minimum atomic E-state index is -0.584. The van der Waals surface area contributed by atoms with Crippen LogP contribution in [-0.4, -0.2) is 57.4 Å². The summed E-state index contributed by atoms with van der Waals surface area (Å²) in [4.78, 5) is 45.5. The number of halogens is 1. The molecule has 2 aromatic carbocycles. The fraction of sp³-hybridized carbons (Fsp3) is 0.348. The van der Waals surface area contributed by atoms with Gasteiger partial charge in [-0.25, -0.2) is 4.98 Å². The van der Waals surface area contributed by atoms with E-state index in [2.05, 4.69) is 4.98 Å². The van der Waals surface area contributed by atoms with Crippen LogP contribution in [0.1, 0.15) is 34.7 Å². The molecule has 1 amide bonds. The number of benzene rings is 2. The smallest absolute Gasteiger partial charge is 0.273 e. The molecule has 0 aliphatic rings. The number of nitro benzene ring substituents is 1. The van der Waals surface area contributed by atoms with Gasteiger partial charge in [0, 0.05) is 42.4 Å². The molecule has 0 fully saturated rings. The molecule has 3 rings (SSSR count). The summed E-state index contributed by atoms with van der Waals surface area (Å²) < 4.78 is 1.43. The number of nitro groups is 1. The average molecular weight is 472 g/mol. The summed E-state index contributed by atoms with van der Waals surface area (Å²) in [7, 11) is 5.38.